The minimum absolute atomic E-state index is 0.187. The van der Waals surface area contributed by atoms with Crippen LogP contribution >= 0.6 is 0 Å². The Hall–Kier alpha value is -1.04. The fraction of sp³-hybridized carbons (Fsp3) is 0.882. The predicted octanol–water partition coefficient (Wildman–Crippen LogP) is 4.61. The summed E-state index contributed by atoms with van der Waals surface area (Å²) in [5.74, 6) is 0.416. The maximum absolute atomic E-state index is 11.7. The minimum atomic E-state index is -0.459. The molecule has 0 unspecified atom stereocenters. The number of hydrogen-bond donors (Lipinski definition) is 0. The van der Waals surface area contributed by atoms with E-state index in [0.717, 1.165) is 18.8 Å². The van der Waals surface area contributed by atoms with Crippen LogP contribution in [0, 0.1) is 23.2 Å². The lowest BCUT2D eigenvalue weighted by Crippen LogP contribution is -2.25. The highest BCUT2D eigenvalue weighted by Gasteiger charge is 2.21. The normalized spacial score (nSPS) is 18.3. The van der Waals surface area contributed by atoms with E-state index in [1.165, 1.54) is 38.5 Å². The van der Waals surface area contributed by atoms with Crippen molar-refractivity contribution in [1.29, 1.82) is 5.26 Å². The zero-order valence-electron chi connectivity index (χ0n) is 13.3. The SMILES string of the molecule is CC(C)(C)OC(=O)C[C@H](C#N)CCCC1CCCCC1. The van der Waals surface area contributed by atoms with Crippen molar-refractivity contribution in [3.05, 3.63) is 0 Å². The Kier molecular flexibility index (Phi) is 7.05. The molecule has 0 aromatic rings. The van der Waals surface area contributed by atoms with Gasteiger partial charge in [-0.25, -0.2) is 0 Å². The molecule has 1 fully saturated rings. The number of nitriles is 1. The molecule has 114 valence electrons. The van der Waals surface area contributed by atoms with E-state index >= 15 is 0 Å². The summed E-state index contributed by atoms with van der Waals surface area (Å²) in [6.45, 7) is 5.57. The monoisotopic (exact) mass is 279 g/mol. The van der Waals surface area contributed by atoms with Gasteiger partial charge in [-0.1, -0.05) is 44.9 Å². The van der Waals surface area contributed by atoms with Gasteiger partial charge in [0.25, 0.3) is 0 Å². The lowest BCUT2D eigenvalue weighted by Gasteiger charge is -2.22. The number of carbonyl (C=O) groups is 1. The summed E-state index contributed by atoms with van der Waals surface area (Å²) in [5.41, 5.74) is -0.459. The second-order valence-corrected chi connectivity index (χ2v) is 7.05. The van der Waals surface area contributed by atoms with Crippen molar-refractivity contribution in [2.24, 2.45) is 11.8 Å². The first-order valence-electron chi connectivity index (χ1n) is 8.02. The number of rotatable bonds is 6. The quantitative estimate of drug-likeness (QED) is 0.667. The van der Waals surface area contributed by atoms with Gasteiger partial charge in [-0.15, -0.1) is 0 Å². The average Bonchev–Trinajstić information content (AvgIpc) is 2.36. The standard InChI is InChI=1S/C17H29NO2/c1-17(2,3)20-16(19)12-15(13-18)11-7-10-14-8-5-4-6-9-14/h14-15H,4-12H2,1-3H3/t15-/m1/s1. The zero-order valence-corrected chi connectivity index (χ0v) is 13.3. The molecule has 1 rings (SSSR count). The molecule has 3 nitrogen and oxygen atoms in total. The van der Waals surface area contributed by atoms with E-state index in [2.05, 4.69) is 6.07 Å². The van der Waals surface area contributed by atoms with Crippen molar-refractivity contribution >= 4 is 5.97 Å². The molecule has 0 N–H and O–H groups in total. The second kappa shape index (κ2) is 8.29. The molecule has 0 aromatic heterocycles. The van der Waals surface area contributed by atoms with Crippen LogP contribution in [-0.2, 0) is 9.53 Å². The third-order valence-electron chi connectivity index (χ3n) is 3.91. The van der Waals surface area contributed by atoms with Crippen molar-refractivity contribution in [3.8, 4) is 6.07 Å². The molecular weight excluding hydrogens is 250 g/mol. The number of esters is 1. The summed E-state index contributed by atoms with van der Waals surface area (Å²) >= 11 is 0. The molecule has 0 amide bonds. The average molecular weight is 279 g/mol. The fourth-order valence-electron chi connectivity index (χ4n) is 2.93. The highest BCUT2D eigenvalue weighted by Crippen LogP contribution is 2.28. The van der Waals surface area contributed by atoms with Crippen LogP contribution in [0.4, 0.5) is 0 Å². The van der Waals surface area contributed by atoms with Crippen molar-refractivity contribution in [1.82, 2.24) is 0 Å². The summed E-state index contributed by atoms with van der Waals surface area (Å²) in [6, 6.07) is 2.26. The second-order valence-electron chi connectivity index (χ2n) is 7.05. The Labute approximate surface area is 123 Å². The molecule has 1 atom stereocenters. The maximum Gasteiger partial charge on any atom is 0.307 e. The van der Waals surface area contributed by atoms with Gasteiger partial charge in [-0.2, -0.15) is 5.26 Å². The third-order valence-corrected chi connectivity index (χ3v) is 3.91. The van der Waals surface area contributed by atoms with Crippen LogP contribution in [0.15, 0.2) is 0 Å². The first-order valence-corrected chi connectivity index (χ1v) is 8.02. The van der Waals surface area contributed by atoms with E-state index in [0.29, 0.717) is 0 Å². The molecule has 0 spiro atoms. The Morgan fingerprint density at radius 2 is 1.95 bits per heavy atom. The van der Waals surface area contributed by atoms with Gasteiger partial charge < -0.3 is 4.74 Å². The van der Waals surface area contributed by atoms with Crippen molar-refractivity contribution < 1.29 is 9.53 Å². The summed E-state index contributed by atoms with van der Waals surface area (Å²) in [4.78, 5) is 11.7. The number of hydrogen-bond acceptors (Lipinski definition) is 3. The Morgan fingerprint density at radius 1 is 1.30 bits per heavy atom. The van der Waals surface area contributed by atoms with Crippen molar-refractivity contribution in [2.45, 2.75) is 84.2 Å². The molecular formula is C17H29NO2. The smallest absolute Gasteiger partial charge is 0.307 e. The third kappa shape index (κ3) is 7.53. The first-order chi connectivity index (χ1) is 9.40. The molecule has 1 saturated carbocycles. The number of carbonyl (C=O) groups excluding carboxylic acids is 1. The summed E-state index contributed by atoms with van der Waals surface area (Å²) in [6.07, 6.45) is 10.2. The van der Waals surface area contributed by atoms with Crippen LogP contribution in [-0.4, -0.2) is 11.6 Å². The maximum atomic E-state index is 11.7. The van der Waals surface area contributed by atoms with Gasteiger partial charge in [-0.3, -0.25) is 4.79 Å². The molecule has 0 heterocycles. The lowest BCUT2D eigenvalue weighted by molar-refractivity contribution is -0.155. The van der Waals surface area contributed by atoms with Crippen LogP contribution in [0.1, 0.15) is 78.6 Å². The summed E-state index contributed by atoms with van der Waals surface area (Å²) < 4.78 is 5.28. The number of ether oxygens (including phenoxy) is 1. The Bertz CT molecular complexity index is 332. The van der Waals surface area contributed by atoms with Gasteiger partial charge in [0.1, 0.15) is 5.60 Å². The molecule has 0 radical (unpaired) electrons. The largest absolute Gasteiger partial charge is 0.460 e. The first kappa shape index (κ1) is 17.0. The van der Waals surface area contributed by atoms with E-state index in [-0.39, 0.29) is 18.3 Å². The highest BCUT2D eigenvalue weighted by molar-refractivity contribution is 5.70. The molecule has 1 aliphatic rings. The Morgan fingerprint density at radius 3 is 2.50 bits per heavy atom. The Balaban J connectivity index is 2.22. The van der Waals surface area contributed by atoms with Gasteiger partial charge in [0.05, 0.1) is 18.4 Å². The molecule has 0 bridgehead atoms. The highest BCUT2D eigenvalue weighted by atomic mass is 16.6. The number of nitrogens with zero attached hydrogens (tertiary/aromatic N) is 1. The summed E-state index contributed by atoms with van der Waals surface area (Å²) in [5, 5.41) is 9.15. The van der Waals surface area contributed by atoms with Crippen LogP contribution in [0.5, 0.6) is 0 Å². The van der Waals surface area contributed by atoms with Crippen LogP contribution in [0.3, 0.4) is 0 Å². The van der Waals surface area contributed by atoms with Crippen molar-refractivity contribution in [3.63, 3.8) is 0 Å². The van der Waals surface area contributed by atoms with E-state index < -0.39 is 5.60 Å². The van der Waals surface area contributed by atoms with Crippen molar-refractivity contribution in [2.75, 3.05) is 0 Å². The van der Waals surface area contributed by atoms with Gasteiger partial charge in [0, 0.05) is 0 Å². The van der Waals surface area contributed by atoms with Crippen LogP contribution in [0.2, 0.25) is 0 Å². The van der Waals surface area contributed by atoms with E-state index in [1.807, 2.05) is 20.8 Å². The van der Waals surface area contributed by atoms with E-state index in [4.69, 9.17) is 10.00 Å². The lowest BCUT2D eigenvalue weighted by atomic mass is 9.85. The molecule has 0 aliphatic heterocycles. The van der Waals surface area contributed by atoms with E-state index in [1.54, 1.807) is 0 Å². The topological polar surface area (TPSA) is 50.1 Å². The fourth-order valence-corrected chi connectivity index (χ4v) is 2.93. The molecule has 0 aromatic carbocycles. The molecule has 1 aliphatic carbocycles. The molecule has 20 heavy (non-hydrogen) atoms. The van der Waals surface area contributed by atoms with E-state index in [9.17, 15) is 4.79 Å². The minimum Gasteiger partial charge on any atom is -0.460 e. The van der Waals surface area contributed by atoms with Gasteiger partial charge in [0.2, 0.25) is 0 Å². The molecule has 0 saturated heterocycles. The molecule has 3 heteroatoms. The zero-order chi connectivity index (χ0) is 15.0. The van der Waals surface area contributed by atoms with Crippen LogP contribution in [0.25, 0.3) is 0 Å². The van der Waals surface area contributed by atoms with Gasteiger partial charge in [-0.05, 0) is 33.1 Å². The van der Waals surface area contributed by atoms with Gasteiger partial charge in [0.15, 0.2) is 0 Å². The van der Waals surface area contributed by atoms with Crippen LogP contribution < -0.4 is 0 Å². The summed E-state index contributed by atoms with van der Waals surface area (Å²) in [7, 11) is 0. The van der Waals surface area contributed by atoms with Gasteiger partial charge >= 0.3 is 5.97 Å². The predicted molar refractivity (Wildman–Crippen MR) is 80.0 cm³/mol.